The van der Waals surface area contributed by atoms with Gasteiger partial charge in [-0.15, -0.1) is 0 Å². The van der Waals surface area contributed by atoms with Crippen LogP contribution in [0.15, 0.2) is 53.7 Å². The number of benzene rings is 2. The number of carbonyl (C=O) groups is 2. The van der Waals surface area contributed by atoms with Crippen LogP contribution in [0.3, 0.4) is 0 Å². The van der Waals surface area contributed by atoms with E-state index in [0.29, 0.717) is 5.70 Å². The Bertz CT molecular complexity index is 1010. The molecule has 0 saturated heterocycles. The number of anilines is 1. The Hall–Kier alpha value is -3.29. The molecule has 2 aromatic carbocycles. The van der Waals surface area contributed by atoms with E-state index in [1.807, 2.05) is 32.0 Å². The van der Waals surface area contributed by atoms with Crippen LogP contribution in [0, 0.1) is 13.8 Å². The molecule has 0 radical (unpaired) electrons. The minimum Gasteiger partial charge on any atom is -0.327 e. The van der Waals surface area contributed by atoms with Gasteiger partial charge in [-0.05, 0) is 50.1 Å². The lowest BCUT2D eigenvalue weighted by atomic mass is 9.90. The van der Waals surface area contributed by atoms with Crippen LogP contribution in [0.25, 0.3) is 0 Å². The van der Waals surface area contributed by atoms with Crippen LogP contribution in [-0.2, 0) is 11.0 Å². The van der Waals surface area contributed by atoms with Crippen LogP contribution in [0.1, 0.15) is 35.2 Å². The maximum atomic E-state index is 13.0. The van der Waals surface area contributed by atoms with Crippen molar-refractivity contribution in [1.82, 2.24) is 10.6 Å². The summed E-state index contributed by atoms with van der Waals surface area (Å²) in [4.78, 5) is 25.0. The second kappa shape index (κ2) is 7.62. The molecule has 0 aromatic heterocycles. The van der Waals surface area contributed by atoms with Gasteiger partial charge in [0.05, 0.1) is 17.2 Å². The Kier molecular flexibility index (Phi) is 5.37. The van der Waals surface area contributed by atoms with Crippen LogP contribution in [0.4, 0.5) is 23.7 Å². The lowest BCUT2D eigenvalue weighted by molar-refractivity contribution is -0.137. The zero-order valence-electron chi connectivity index (χ0n) is 16.1. The average molecular weight is 403 g/mol. The molecule has 29 heavy (non-hydrogen) atoms. The molecule has 1 aliphatic rings. The standard InChI is InChI=1S/C21H20F3N3O2/c1-11-7-8-12(2)16(9-11)18-17(13(3)25-20(29)27-18)19(28)26-15-6-4-5-14(10-15)21(22,23)24/h4-10,18H,1-3H3,(H,26,28)(H2,25,27,29). The van der Waals surface area contributed by atoms with Crippen molar-refractivity contribution in [2.45, 2.75) is 33.0 Å². The third kappa shape index (κ3) is 4.42. The third-order valence-corrected chi connectivity index (χ3v) is 4.71. The number of amides is 3. The van der Waals surface area contributed by atoms with Gasteiger partial charge < -0.3 is 16.0 Å². The van der Waals surface area contributed by atoms with E-state index in [0.717, 1.165) is 28.8 Å². The second-order valence-corrected chi connectivity index (χ2v) is 6.96. The number of hydrogen-bond donors (Lipinski definition) is 3. The van der Waals surface area contributed by atoms with Gasteiger partial charge in [0.2, 0.25) is 0 Å². The van der Waals surface area contributed by atoms with Crippen molar-refractivity contribution in [2.75, 3.05) is 5.32 Å². The van der Waals surface area contributed by atoms with Crippen LogP contribution in [0.2, 0.25) is 0 Å². The summed E-state index contributed by atoms with van der Waals surface area (Å²) >= 11 is 0. The van der Waals surface area contributed by atoms with E-state index < -0.39 is 29.7 Å². The number of halogens is 3. The summed E-state index contributed by atoms with van der Waals surface area (Å²) in [6, 6.07) is 8.90. The number of hydrogen-bond acceptors (Lipinski definition) is 2. The van der Waals surface area contributed by atoms with E-state index in [1.165, 1.54) is 12.1 Å². The molecule has 1 atom stereocenters. The lowest BCUT2D eigenvalue weighted by Crippen LogP contribution is -2.46. The van der Waals surface area contributed by atoms with Gasteiger partial charge in [-0.1, -0.05) is 29.8 Å². The summed E-state index contributed by atoms with van der Waals surface area (Å²) in [6.45, 7) is 5.34. The fraction of sp³-hybridized carbons (Fsp3) is 0.238. The van der Waals surface area contributed by atoms with Crippen molar-refractivity contribution in [2.24, 2.45) is 0 Å². The highest BCUT2D eigenvalue weighted by molar-refractivity contribution is 6.06. The second-order valence-electron chi connectivity index (χ2n) is 6.96. The molecule has 152 valence electrons. The summed E-state index contributed by atoms with van der Waals surface area (Å²) in [5.41, 5.74) is 2.30. The zero-order valence-corrected chi connectivity index (χ0v) is 16.1. The third-order valence-electron chi connectivity index (χ3n) is 4.71. The van der Waals surface area contributed by atoms with Crippen LogP contribution in [-0.4, -0.2) is 11.9 Å². The van der Waals surface area contributed by atoms with E-state index in [1.54, 1.807) is 6.92 Å². The Balaban J connectivity index is 1.98. The Labute approximate surface area is 166 Å². The number of nitrogens with one attached hydrogen (secondary N) is 3. The van der Waals surface area contributed by atoms with Gasteiger partial charge in [0.1, 0.15) is 0 Å². The highest BCUT2D eigenvalue weighted by Gasteiger charge is 2.33. The average Bonchev–Trinajstić information content (AvgIpc) is 2.62. The van der Waals surface area contributed by atoms with Gasteiger partial charge >= 0.3 is 12.2 Å². The fourth-order valence-corrected chi connectivity index (χ4v) is 3.27. The maximum Gasteiger partial charge on any atom is 0.416 e. The minimum absolute atomic E-state index is 0.0155. The number of alkyl halides is 3. The van der Waals surface area contributed by atoms with Crippen molar-refractivity contribution in [3.63, 3.8) is 0 Å². The van der Waals surface area contributed by atoms with Gasteiger partial charge in [0.15, 0.2) is 0 Å². The number of urea groups is 1. The predicted molar refractivity (Wildman–Crippen MR) is 103 cm³/mol. The SMILES string of the molecule is CC1=C(C(=O)Nc2cccc(C(F)(F)F)c2)C(c2cc(C)ccc2C)NC(=O)N1. The maximum absolute atomic E-state index is 13.0. The quantitative estimate of drug-likeness (QED) is 0.702. The molecule has 1 heterocycles. The summed E-state index contributed by atoms with van der Waals surface area (Å²) in [5, 5.41) is 7.80. The van der Waals surface area contributed by atoms with Crippen molar-refractivity contribution in [3.8, 4) is 0 Å². The molecule has 1 unspecified atom stereocenters. The van der Waals surface area contributed by atoms with Crippen LogP contribution < -0.4 is 16.0 Å². The number of allylic oxidation sites excluding steroid dienone is 1. The molecule has 3 amide bonds. The molecule has 8 heteroatoms. The highest BCUT2D eigenvalue weighted by Crippen LogP contribution is 2.32. The van der Waals surface area contributed by atoms with Gasteiger partial charge in [0.25, 0.3) is 5.91 Å². The minimum atomic E-state index is -4.52. The zero-order chi connectivity index (χ0) is 21.3. The summed E-state index contributed by atoms with van der Waals surface area (Å²) in [5.74, 6) is -0.597. The number of aryl methyl sites for hydroxylation is 2. The first-order chi connectivity index (χ1) is 13.6. The molecule has 0 spiro atoms. The number of rotatable bonds is 3. The van der Waals surface area contributed by atoms with E-state index in [4.69, 9.17) is 0 Å². The molecule has 0 fully saturated rings. The normalized spacial score (nSPS) is 16.9. The van der Waals surface area contributed by atoms with E-state index in [-0.39, 0.29) is 11.3 Å². The Morgan fingerprint density at radius 2 is 1.79 bits per heavy atom. The summed E-state index contributed by atoms with van der Waals surface area (Å²) < 4.78 is 38.9. The molecule has 0 bridgehead atoms. The largest absolute Gasteiger partial charge is 0.416 e. The first kappa shape index (κ1) is 20.4. The van der Waals surface area contributed by atoms with Crippen molar-refractivity contribution < 1.29 is 22.8 Å². The Morgan fingerprint density at radius 3 is 2.48 bits per heavy atom. The molecular weight excluding hydrogens is 383 g/mol. The van der Waals surface area contributed by atoms with Gasteiger partial charge in [-0.2, -0.15) is 13.2 Å². The Morgan fingerprint density at radius 1 is 1.07 bits per heavy atom. The first-order valence-corrected chi connectivity index (χ1v) is 8.90. The van der Waals surface area contributed by atoms with E-state index >= 15 is 0 Å². The van der Waals surface area contributed by atoms with Crippen LogP contribution >= 0.6 is 0 Å². The summed E-state index contributed by atoms with van der Waals surface area (Å²) in [7, 11) is 0. The lowest BCUT2D eigenvalue weighted by Gasteiger charge is -2.30. The molecule has 5 nitrogen and oxygen atoms in total. The smallest absolute Gasteiger partial charge is 0.327 e. The highest BCUT2D eigenvalue weighted by atomic mass is 19.4. The van der Waals surface area contributed by atoms with E-state index in [9.17, 15) is 22.8 Å². The van der Waals surface area contributed by atoms with Crippen LogP contribution in [0.5, 0.6) is 0 Å². The molecular formula is C21H20F3N3O2. The van der Waals surface area contributed by atoms with Crippen molar-refractivity contribution in [1.29, 1.82) is 0 Å². The molecule has 2 aromatic rings. The molecule has 1 aliphatic heterocycles. The first-order valence-electron chi connectivity index (χ1n) is 8.90. The number of carbonyl (C=O) groups excluding carboxylic acids is 2. The van der Waals surface area contributed by atoms with Crippen molar-refractivity contribution in [3.05, 3.63) is 76.0 Å². The molecule has 0 saturated carbocycles. The monoisotopic (exact) mass is 403 g/mol. The van der Waals surface area contributed by atoms with Gasteiger partial charge in [0, 0.05) is 11.4 Å². The van der Waals surface area contributed by atoms with Gasteiger partial charge in [-0.3, -0.25) is 4.79 Å². The van der Waals surface area contributed by atoms with Crippen molar-refractivity contribution >= 4 is 17.6 Å². The molecule has 3 rings (SSSR count). The fourth-order valence-electron chi connectivity index (χ4n) is 3.27. The molecule has 3 N–H and O–H groups in total. The van der Waals surface area contributed by atoms with Gasteiger partial charge in [-0.25, -0.2) is 4.79 Å². The topological polar surface area (TPSA) is 70.2 Å². The molecule has 0 aliphatic carbocycles. The predicted octanol–water partition coefficient (Wildman–Crippen LogP) is 4.59. The van der Waals surface area contributed by atoms with E-state index in [2.05, 4.69) is 16.0 Å². The summed E-state index contributed by atoms with van der Waals surface area (Å²) in [6.07, 6.45) is -4.52.